The summed E-state index contributed by atoms with van der Waals surface area (Å²) in [5.74, 6) is -1.14. The number of nitrogens with one attached hydrogen (secondary N) is 2. The maximum absolute atomic E-state index is 13.0. The Morgan fingerprint density at radius 1 is 1.19 bits per heavy atom. The van der Waals surface area contributed by atoms with E-state index in [9.17, 15) is 14.0 Å². The van der Waals surface area contributed by atoms with Gasteiger partial charge in [0.2, 0.25) is 0 Å². The summed E-state index contributed by atoms with van der Waals surface area (Å²) in [6.45, 7) is 1.68. The molecule has 0 aliphatic heterocycles. The van der Waals surface area contributed by atoms with Crippen molar-refractivity contribution in [2.24, 2.45) is 0 Å². The number of halogens is 1. The van der Waals surface area contributed by atoms with Crippen LogP contribution in [0.25, 0.3) is 0 Å². The summed E-state index contributed by atoms with van der Waals surface area (Å²) >= 11 is 6.36. The van der Waals surface area contributed by atoms with Crippen LogP contribution in [0.3, 0.4) is 0 Å². The summed E-state index contributed by atoms with van der Waals surface area (Å²) in [4.78, 5) is 26.3. The van der Waals surface area contributed by atoms with Crippen LogP contribution in [0.15, 0.2) is 24.3 Å². The standard InChI is InChI=1S/C17H18FN3O3S2/c1-9-12(16(23)24-4)14(26-13(9)15(22)21(2)3)20-17(25)19-11-7-5-10(18)6-8-11/h5-8H,1-4H3,(H2,19,20,25). The molecule has 1 heterocycles. The molecule has 0 saturated carbocycles. The highest BCUT2D eigenvalue weighted by atomic mass is 32.1. The van der Waals surface area contributed by atoms with Crippen molar-refractivity contribution in [2.45, 2.75) is 6.92 Å². The van der Waals surface area contributed by atoms with Gasteiger partial charge in [-0.15, -0.1) is 11.3 Å². The molecule has 0 fully saturated rings. The number of anilines is 2. The number of hydrogen-bond acceptors (Lipinski definition) is 5. The number of benzene rings is 1. The number of thiocarbonyl (C=S) groups is 1. The number of ether oxygens (including phenoxy) is 1. The van der Waals surface area contributed by atoms with E-state index in [1.807, 2.05) is 0 Å². The van der Waals surface area contributed by atoms with Crippen LogP contribution in [0.5, 0.6) is 0 Å². The van der Waals surface area contributed by atoms with Gasteiger partial charge in [0.25, 0.3) is 5.91 Å². The van der Waals surface area contributed by atoms with Gasteiger partial charge in [-0.1, -0.05) is 0 Å². The molecule has 2 aromatic rings. The second-order valence-corrected chi connectivity index (χ2v) is 6.97. The van der Waals surface area contributed by atoms with Crippen molar-refractivity contribution in [2.75, 3.05) is 31.8 Å². The lowest BCUT2D eigenvalue weighted by atomic mass is 10.1. The average molecular weight is 395 g/mol. The molecule has 0 bridgehead atoms. The normalized spacial score (nSPS) is 10.2. The van der Waals surface area contributed by atoms with Crippen molar-refractivity contribution in [3.05, 3.63) is 46.1 Å². The van der Waals surface area contributed by atoms with Gasteiger partial charge in [0.15, 0.2) is 5.11 Å². The van der Waals surface area contributed by atoms with Crippen LogP contribution >= 0.6 is 23.6 Å². The lowest BCUT2D eigenvalue weighted by Gasteiger charge is -2.10. The number of carbonyl (C=O) groups is 2. The number of thiophene rings is 1. The van der Waals surface area contributed by atoms with Crippen LogP contribution < -0.4 is 10.6 Å². The molecule has 0 spiro atoms. The topological polar surface area (TPSA) is 70.7 Å². The van der Waals surface area contributed by atoms with Gasteiger partial charge < -0.3 is 20.3 Å². The smallest absolute Gasteiger partial charge is 0.341 e. The third-order valence-electron chi connectivity index (χ3n) is 3.47. The second kappa shape index (κ2) is 8.24. The first-order valence-electron chi connectivity index (χ1n) is 7.51. The minimum absolute atomic E-state index is 0.201. The van der Waals surface area contributed by atoms with E-state index in [0.717, 1.165) is 11.3 Å². The van der Waals surface area contributed by atoms with Crippen molar-refractivity contribution in [3.63, 3.8) is 0 Å². The van der Waals surface area contributed by atoms with Crippen molar-refractivity contribution in [1.82, 2.24) is 4.90 Å². The van der Waals surface area contributed by atoms with E-state index in [2.05, 4.69) is 10.6 Å². The quantitative estimate of drug-likeness (QED) is 0.610. The third-order valence-corrected chi connectivity index (χ3v) is 4.87. The van der Waals surface area contributed by atoms with Crippen LogP contribution in [-0.2, 0) is 4.74 Å². The molecule has 0 aliphatic carbocycles. The van der Waals surface area contributed by atoms with Crippen LogP contribution in [0.2, 0.25) is 0 Å². The molecule has 1 aromatic carbocycles. The van der Waals surface area contributed by atoms with Crippen LogP contribution in [0.4, 0.5) is 15.1 Å². The van der Waals surface area contributed by atoms with Crippen molar-refractivity contribution in [1.29, 1.82) is 0 Å². The minimum Gasteiger partial charge on any atom is -0.465 e. The Morgan fingerprint density at radius 3 is 2.35 bits per heavy atom. The zero-order valence-corrected chi connectivity index (χ0v) is 16.3. The predicted octanol–water partition coefficient (Wildman–Crippen LogP) is 3.49. The van der Waals surface area contributed by atoms with Gasteiger partial charge in [-0.2, -0.15) is 0 Å². The number of hydrogen-bond donors (Lipinski definition) is 2. The van der Waals surface area contributed by atoms with E-state index in [-0.39, 0.29) is 22.4 Å². The van der Waals surface area contributed by atoms with Gasteiger partial charge in [0.05, 0.1) is 17.6 Å². The summed E-state index contributed by atoms with van der Waals surface area (Å²) < 4.78 is 17.8. The molecule has 26 heavy (non-hydrogen) atoms. The Bertz CT molecular complexity index is 848. The number of amides is 1. The highest BCUT2D eigenvalue weighted by Gasteiger charge is 2.26. The minimum atomic E-state index is -0.566. The number of rotatable bonds is 4. The SMILES string of the molecule is COC(=O)c1c(NC(=S)Nc2ccc(F)cc2)sc(C(=O)N(C)C)c1C. The molecule has 138 valence electrons. The van der Waals surface area contributed by atoms with Gasteiger partial charge in [-0.25, -0.2) is 9.18 Å². The third kappa shape index (κ3) is 4.36. The average Bonchev–Trinajstić information content (AvgIpc) is 2.91. The molecular formula is C17H18FN3O3S2. The van der Waals surface area contributed by atoms with Crippen LogP contribution in [-0.4, -0.2) is 43.1 Å². The Kier molecular flexibility index (Phi) is 6.27. The van der Waals surface area contributed by atoms with Crippen molar-refractivity contribution >= 4 is 51.2 Å². The monoisotopic (exact) mass is 395 g/mol. The molecule has 6 nitrogen and oxygen atoms in total. The van der Waals surface area contributed by atoms with E-state index in [0.29, 0.717) is 21.1 Å². The molecule has 1 aromatic heterocycles. The predicted molar refractivity (Wildman–Crippen MR) is 105 cm³/mol. The first-order valence-corrected chi connectivity index (χ1v) is 8.74. The van der Waals surface area contributed by atoms with E-state index in [1.165, 1.54) is 36.3 Å². The highest BCUT2D eigenvalue weighted by Crippen LogP contribution is 2.34. The Hall–Kier alpha value is -2.52. The molecule has 1 amide bonds. The zero-order chi connectivity index (χ0) is 19.4. The molecule has 0 saturated heterocycles. The molecule has 9 heteroatoms. The fourth-order valence-electron chi connectivity index (χ4n) is 2.16. The fourth-order valence-corrected chi connectivity index (χ4v) is 3.66. The molecule has 0 radical (unpaired) electrons. The summed E-state index contributed by atoms with van der Waals surface area (Å²) in [6.07, 6.45) is 0. The molecule has 2 N–H and O–H groups in total. The number of methoxy groups -OCH3 is 1. The van der Waals surface area contributed by atoms with Gasteiger partial charge in [-0.05, 0) is 49.0 Å². The van der Waals surface area contributed by atoms with Gasteiger partial charge in [-0.3, -0.25) is 4.79 Å². The number of esters is 1. The van der Waals surface area contributed by atoms with Gasteiger partial charge >= 0.3 is 5.97 Å². The first-order chi connectivity index (χ1) is 12.2. The van der Waals surface area contributed by atoms with Gasteiger partial charge in [0.1, 0.15) is 10.8 Å². The lowest BCUT2D eigenvalue weighted by Crippen LogP contribution is -2.21. The summed E-state index contributed by atoms with van der Waals surface area (Å²) in [5.41, 5.74) is 1.36. The van der Waals surface area contributed by atoms with Crippen LogP contribution in [0.1, 0.15) is 25.6 Å². The van der Waals surface area contributed by atoms with Crippen LogP contribution in [0, 0.1) is 12.7 Å². The second-order valence-electron chi connectivity index (χ2n) is 5.54. The molecule has 0 atom stereocenters. The zero-order valence-electron chi connectivity index (χ0n) is 14.7. The van der Waals surface area contributed by atoms with Crippen molar-refractivity contribution < 1.29 is 18.7 Å². The Balaban J connectivity index is 2.30. The summed E-state index contributed by atoms with van der Waals surface area (Å²) in [6, 6.07) is 5.67. The summed E-state index contributed by atoms with van der Waals surface area (Å²) in [7, 11) is 4.53. The molecule has 0 unspecified atom stereocenters. The number of nitrogens with zero attached hydrogens (tertiary/aromatic N) is 1. The maximum Gasteiger partial charge on any atom is 0.341 e. The van der Waals surface area contributed by atoms with E-state index in [1.54, 1.807) is 21.0 Å². The van der Waals surface area contributed by atoms with Gasteiger partial charge in [0, 0.05) is 19.8 Å². The molecule has 2 rings (SSSR count). The Morgan fingerprint density at radius 2 is 1.81 bits per heavy atom. The van der Waals surface area contributed by atoms with E-state index >= 15 is 0 Å². The largest absolute Gasteiger partial charge is 0.465 e. The van der Waals surface area contributed by atoms with E-state index in [4.69, 9.17) is 17.0 Å². The number of carbonyl (C=O) groups excluding carboxylic acids is 2. The summed E-state index contributed by atoms with van der Waals surface area (Å²) in [5, 5.41) is 6.42. The maximum atomic E-state index is 13.0. The molecule has 0 aliphatic rings. The lowest BCUT2D eigenvalue weighted by molar-refractivity contribution is 0.0601. The Labute approximate surface area is 160 Å². The van der Waals surface area contributed by atoms with E-state index < -0.39 is 5.97 Å². The molecular weight excluding hydrogens is 377 g/mol. The highest BCUT2D eigenvalue weighted by molar-refractivity contribution is 7.80. The fraction of sp³-hybridized carbons (Fsp3) is 0.235. The van der Waals surface area contributed by atoms with Crippen molar-refractivity contribution in [3.8, 4) is 0 Å². The first kappa shape index (κ1) is 19.8.